The number of nitrogen functional groups attached to an aromatic ring is 1. The minimum Gasteiger partial charge on any atom is -0.397 e. The quantitative estimate of drug-likeness (QED) is 0.666. The van der Waals surface area contributed by atoms with E-state index in [0.717, 1.165) is 15.9 Å². The molecule has 0 saturated heterocycles. The lowest BCUT2D eigenvalue weighted by Gasteiger charge is -2.01. The van der Waals surface area contributed by atoms with E-state index in [1.165, 1.54) is 11.3 Å². The molecule has 0 aliphatic rings. The summed E-state index contributed by atoms with van der Waals surface area (Å²) in [6.45, 7) is 4.22. The normalized spacial score (nSPS) is 10.0. The van der Waals surface area contributed by atoms with Crippen molar-refractivity contribution < 1.29 is 4.79 Å². The Morgan fingerprint density at radius 1 is 1.53 bits per heavy atom. The van der Waals surface area contributed by atoms with Gasteiger partial charge in [-0.25, -0.2) is 4.98 Å². The summed E-state index contributed by atoms with van der Waals surface area (Å²) < 4.78 is 0. The van der Waals surface area contributed by atoms with Gasteiger partial charge < -0.3 is 11.1 Å². The Balaban J connectivity index is 2.21. The number of fused-ring (bicyclic) bond motifs is 1. The average Bonchev–Trinajstić information content (AvgIpc) is 2.71. The summed E-state index contributed by atoms with van der Waals surface area (Å²) in [6.07, 6.45) is 0.643. The monoisotopic (exact) mass is 273 g/mol. The number of thiophene rings is 1. The van der Waals surface area contributed by atoms with Gasteiger partial charge in [0, 0.05) is 24.0 Å². The number of anilines is 1. The number of aryl methyl sites for hydroxylation is 1. The molecule has 19 heavy (non-hydrogen) atoms. The average molecular weight is 273 g/mol. The van der Waals surface area contributed by atoms with Crippen LogP contribution in [0.2, 0.25) is 0 Å². The van der Waals surface area contributed by atoms with Crippen LogP contribution in [0.3, 0.4) is 0 Å². The molecule has 1 amide bonds. The Morgan fingerprint density at radius 2 is 2.32 bits per heavy atom. The highest BCUT2D eigenvalue weighted by Gasteiger charge is 2.16. The number of hydrogen-bond donors (Lipinski definition) is 2. The lowest BCUT2D eigenvalue weighted by atomic mass is 10.2. The maximum atomic E-state index is 12.0. The molecule has 0 spiro atoms. The number of rotatable bonds is 3. The van der Waals surface area contributed by atoms with Gasteiger partial charge in [0.15, 0.2) is 0 Å². The molecule has 98 valence electrons. The van der Waals surface area contributed by atoms with Crippen LogP contribution in [0.1, 0.15) is 28.7 Å². The third kappa shape index (κ3) is 2.85. The highest BCUT2D eigenvalue weighted by atomic mass is 32.1. The first kappa shape index (κ1) is 13.4. The van der Waals surface area contributed by atoms with E-state index < -0.39 is 0 Å². The number of nitrogens with two attached hydrogens (primary N) is 1. The summed E-state index contributed by atoms with van der Waals surface area (Å²) in [5, 5.41) is 3.65. The molecule has 2 aromatic rings. The van der Waals surface area contributed by atoms with Crippen LogP contribution in [0.25, 0.3) is 10.2 Å². The van der Waals surface area contributed by atoms with Gasteiger partial charge in [-0.1, -0.05) is 0 Å². The van der Waals surface area contributed by atoms with E-state index in [4.69, 9.17) is 5.73 Å². The Kier molecular flexibility index (Phi) is 4.03. The van der Waals surface area contributed by atoms with Gasteiger partial charge in [0.2, 0.25) is 0 Å². The van der Waals surface area contributed by atoms with Crippen LogP contribution in [-0.2, 0) is 0 Å². The van der Waals surface area contributed by atoms with E-state index in [2.05, 4.69) is 22.1 Å². The van der Waals surface area contributed by atoms with E-state index in [-0.39, 0.29) is 5.91 Å². The van der Waals surface area contributed by atoms with Gasteiger partial charge in [-0.3, -0.25) is 4.79 Å². The zero-order valence-electron chi connectivity index (χ0n) is 10.9. The molecule has 0 atom stereocenters. The van der Waals surface area contributed by atoms with Gasteiger partial charge in [-0.15, -0.1) is 23.2 Å². The second-order valence-corrected chi connectivity index (χ2v) is 5.08. The first-order valence-electron chi connectivity index (χ1n) is 5.97. The number of pyridine rings is 1. The number of amides is 1. The van der Waals surface area contributed by atoms with Gasteiger partial charge in [0.1, 0.15) is 9.71 Å². The lowest BCUT2D eigenvalue weighted by molar-refractivity contribution is 0.0959. The summed E-state index contributed by atoms with van der Waals surface area (Å²) in [4.78, 5) is 17.7. The molecule has 0 aliphatic carbocycles. The predicted octanol–water partition coefficient (Wildman–Crippen LogP) is 2.33. The highest BCUT2D eigenvalue weighted by Crippen LogP contribution is 2.32. The Labute approximate surface area is 116 Å². The van der Waals surface area contributed by atoms with Crippen LogP contribution in [0.15, 0.2) is 12.1 Å². The van der Waals surface area contributed by atoms with Crippen molar-refractivity contribution in [3.05, 3.63) is 22.7 Å². The van der Waals surface area contributed by atoms with Crippen molar-refractivity contribution in [1.82, 2.24) is 10.3 Å². The van der Waals surface area contributed by atoms with E-state index in [0.29, 0.717) is 23.5 Å². The molecule has 2 heterocycles. The van der Waals surface area contributed by atoms with Crippen molar-refractivity contribution in [2.24, 2.45) is 0 Å². The van der Waals surface area contributed by atoms with Gasteiger partial charge in [0.05, 0.1) is 5.69 Å². The topological polar surface area (TPSA) is 68.0 Å². The van der Waals surface area contributed by atoms with E-state index in [9.17, 15) is 4.79 Å². The zero-order valence-corrected chi connectivity index (χ0v) is 11.7. The van der Waals surface area contributed by atoms with Gasteiger partial charge in [0.25, 0.3) is 5.91 Å². The lowest BCUT2D eigenvalue weighted by Crippen LogP contribution is -2.24. The minimum atomic E-state index is -0.156. The third-order valence-electron chi connectivity index (χ3n) is 2.65. The molecule has 0 bridgehead atoms. The summed E-state index contributed by atoms with van der Waals surface area (Å²) >= 11 is 1.33. The first-order valence-corrected chi connectivity index (χ1v) is 6.78. The van der Waals surface area contributed by atoms with Crippen molar-refractivity contribution in [3.63, 3.8) is 0 Å². The smallest absolute Gasteiger partial charge is 0.263 e. The molecule has 0 radical (unpaired) electrons. The standard InChI is InChI=1S/C14H15N3OS/c1-3-4-5-8-16-13(18)12-11(15)10-7-6-9(2)17-14(10)19-12/h6-7H,5,8,15H2,1-2H3,(H,16,18). The number of hydrogen-bond acceptors (Lipinski definition) is 4. The molecular formula is C14H15N3OS. The maximum absolute atomic E-state index is 12.0. The SMILES string of the molecule is CC#CCCNC(=O)c1sc2nc(C)ccc2c1N. The summed E-state index contributed by atoms with van der Waals surface area (Å²) in [6, 6.07) is 3.80. The molecule has 2 aromatic heterocycles. The van der Waals surface area contributed by atoms with Crippen molar-refractivity contribution in [3.8, 4) is 11.8 Å². The second-order valence-electron chi connectivity index (χ2n) is 4.08. The Bertz CT molecular complexity index is 679. The van der Waals surface area contributed by atoms with Crippen LogP contribution >= 0.6 is 11.3 Å². The molecule has 0 aromatic carbocycles. The van der Waals surface area contributed by atoms with Crippen molar-refractivity contribution in [2.75, 3.05) is 12.3 Å². The zero-order chi connectivity index (χ0) is 13.8. The number of nitrogens with zero attached hydrogens (tertiary/aromatic N) is 1. The fraction of sp³-hybridized carbons (Fsp3) is 0.286. The van der Waals surface area contributed by atoms with E-state index in [1.54, 1.807) is 6.92 Å². The van der Waals surface area contributed by atoms with Crippen molar-refractivity contribution in [2.45, 2.75) is 20.3 Å². The highest BCUT2D eigenvalue weighted by molar-refractivity contribution is 7.21. The molecule has 3 N–H and O–H groups in total. The first-order chi connectivity index (χ1) is 9.13. The maximum Gasteiger partial charge on any atom is 0.263 e. The van der Waals surface area contributed by atoms with Gasteiger partial charge in [-0.05, 0) is 26.0 Å². The second kappa shape index (κ2) is 5.72. The van der Waals surface area contributed by atoms with Crippen LogP contribution in [0.4, 0.5) is 5.69 Å². The van der Waals surface area contributed by atoms with Crippen LogP contribution in [-0.4, -0.2) is 17.4 Å². The summed E-state index contributed by atoms with van der Waals surface area (Å²) in [5.41, 5.74) is 7.42. The van der Waals surface area contributed by atoms with Gasteiger partial charge in [-0.2, -0.15) is 0 Å². The summed E-state index contributed by atoms with van der Waals surface area (Å²) in [7, 11) is 0. The number of carbonyl (C=O) groups excluding carboxylic acids is 1. The molecule has 4 nitrogen and oxygen atoms in total. The molecular weight excluding hydrogens is 258 g/mol. The molecule has 0 unspecified atom stereocenters. The van der Waals surface area contributed by atoms with Crippen molar-refractivity contribution >= 4 is 33.1 Å². The Morgan fingerprint density at radius 3 is 3.05 bits per heavy atom. The molecule has 5 heteroatoms. The largest absolute Gasteiger partial charge is 0.397 e. The van der Waals surface area contributed by atoms with Crippen LogP contribution in [0.5, 0.6) is 0 Å². The van der Waals surface area contributed by atoms with E-state index >= 15 is 0 Å². The van der Waals surface area contributed by atoms with E-state index in [1.807, 2.05) is 19.1 Å². The fourth-order valence-corrected chi connectivity index (χ4v) is 2.76. The Hall–Kier alpha value is -2.06. The minimum absolute atomic E-state index is 0.156. The van der Waals surface area contributed by atoms with Crippen LogP contribution < -0.4 is 11.1 Å². The number of nitrogens with one attached hydrogen (secondary N) is 1. The van der Waals surface area contributed by atoms with Gasteiger partial charge >= 0.3 is 0 Å². The van der Waals surface area contributed by atoms with Crippen molar-refractivity contribution in [1.29, 1.82) is 0 Å². The molecule has 0 aliphatic heterocycles. The molecule has 0 fully saturated rings. The number of aromatic nitrogens is 1. The molecule has 2 rings (SSSR count). The number of carbonyl (C=O) groups is 1. The third-order valence-corrected chi connectivity index (χ3v) is 3.77. The predicted molar refractivity (Wildman–Crippen MR) is 79.2 cm³/mol. The van der Waals surface area contributed by atoms with Crippen LogP contribution in [0, 0.1) is 18.8 Å². The fourth-order valence-electron chi connectivity index (χ4n) is 1.70. The molecule has 0 saturated carbocycles. The summed E-state index contributed by atoms with van der Waals surface area (Å²) in [5.74, 6) is 5.53.